The van der Waals surface area contributed by atoms with Gasteiger partial charge in [0.15, 0.2) is 0 Å². The van der Waals surface area contributed by atoms with E-state index >= 15 is 0 Å². The molecule has 0 aliphatic rings. The van der Waals surface area contributed by atoms with Gasteiger partial charge >= 0.3 is 0 Å². The normalized spacial score (nSPS) is 1.50. The number of hydrogen-bond acceptors (Lipinski definition) is 1. The Balaban J connectivity index is -0.00000000500. The van der Waals surface area contributed by atoms with Crippen LogP contribution >= 0.6 is 12.4 Å². The molecule has 0 aliphatic carbocycles. The molecule has 0 saturated carbocycles. The Morgan fingerprint density at radius 2 is 1.25 bits per heavy atom. The molecule has 0 heterocycles. The van der Waals surface area contributed by atoms with Gasteiger partial charge in [0.2, 0.25) is 0 Å². The minimum atomic E-state index is 0. The number of nitrogens with two attached hydrogens (primary N) is 1. The minimum absolute atomic E-state index is 0. The summed E-state index contributed by atoms with van der Waals surface area (Å²) in [5.41, 5.74) is 4.50. The summed E-state index contributed by atoms with van der Waals surface area (Å²) in [6, 6.07) is 0. The van der Waals surface area contributed by atoms with Gasteiger partial charge in [0, 0.05) is 35.6 Å². The zero-order valence-electron chi connectivity index (χ0n) is 2.56. The average molecular weight is 206 g/mol. The maximum absolute atomic E-state index is 4.50. The Morgan fingerprint density at radius 3 is 1.25 bits per heavy atom. The standard InChI is InChI=1S/CH5N.ClH.La/c1-2;;/h2H2,1H3;1H;. The second kappa shape index (κ2) is 25.3. The molecular weight excluding hydrogens is 200 g/mol. The van der Waals surface area contributed by atoms with Gasteiger partial charge in [-0.15, -0.1) is 12.4 Å². The van der Waals surface area contributed by atoms with Crippen molar-refractivity contribution in [3.05, 3.63) is 0 Å². The molecule has 0 aromatic carbocycles. The first kappa shape index (κ1) is 18.0. The fourth-order valence-corrected chi connectivity index (χ4v) is 0. The Bertz CT molecular complexity index is 8.00. The van der Waals surface area contributed by atoms with Crippen molar-refractivity contribution in [1.82, 2.24) is 0 Å². The maximum Gasteiger partial charge on any atom is 0 e. The SMILES string of the molecule is CN.Cl.[La]. The number of rotatable bonds is 0. The van der Waals surface area contributed by atoms with Gasteiger partial charge in [-0.25, -0.2) is 0 Å². The molecule has 0 atom stereocenters. The molecule has 0 aliphatic heterocycles. The maximum atomic E-state index is 4.50. The van der Waals surface area contributed by atoms with Crippen molar-refractivity contribution in [1.29, 1.82) is 0 Å². The molecule has 0 bridgehead atoms. The van der Waals surface area contributed by atoms with Crippen LogP contribution in [-0.2, 0) is 0 Å². The van der Waals surface area contributed by atoms with E-state index in [0.29, 0.717) is 0 Å². The molecule has 2 N–H and O–H groups in total. The van der Waals surface area contributed by atoms with Crippen LogP contribution in [0.15, 0.2) is 0 Å². The van der Waals surface area contributed by atoms with E-state index in [0.717, 1.165) is 0 Å². The predicted molar refractivity (Wildman–Crippen MR) is 17.4 cm³/mol. The van der Waals surface area contributed by atoms with E-state index in [2.05, 4.69) is 5.73 Å². The molecule has 0 saturated heterocycles. The summed E-state index contributed by atoms with van der Waals surface area (Å²) in [5, 5.41) is 0. The van der Waals surface area contributed by atoms with Crippen molar-refractivity contribution >= 4 is 12.4 Å². The van der Waals surface area contributed by atoms with Gasteiger partial charge < -0.3 is 5.73 Å². The van der Waals surface area contributed by atoms with Gasteiger partial charge in [-0.05, 0) is 7.05 Å². The molecule has 0 unspecified atom stereocenters. The summed E-state index contributed by atoms with van der Waals surface area (Å²) in [6.45, 7) is 0. The second-order valence-electron chi connectivity index (χ2n) is 0. The molecule has 4 heavy (non-hydrogen) atoms. The monoisotopic (exact) mass is 206 g/mol. The zero-order chi connectivity index (χ0) is 2.00. The van der Waals surface area contributed by atoms with E-state index in [1.54, 1.807) is 0 Å². The van der Waals surface area contributed by atoms with Crippen LogP contribution in [0.1, 0.15) is 0 Å². The number of halogens is 1. The van der Waals surface area contributed by atoms with Crippen LogP contribution in [0.2, 0.25) is 0 Å². The van der Waals surface area contributed by atoms with Crippen LogP contribution < -0.4 is 5.73 Å². The number of hydrogen-bond donors (Lipinski definition) is 1. The van der Waals surface area contributed by atoms with Gasteiger partial charge in [0.1, 0.15) is 0 Å². The molecule has 0 spiro atoms. The van der Waals surface area contributed by atoms with Gasteiger partial charge in [-0.1, -0.05) is 0 Å². The van der Waals surface area contributed by atoms with E-state index in [-0.39, 0.29) is 48.0 Å². The van der Waals surface area contributed by atoms with Crippen LogP contribution in [0.25, 0.3) is 0 Å². The smallest absolute Gasteiger partial charge is 0 e. The Labute approximate surface area is 60.3 Å². The fourth-order valence-electron chi connectivity index (χ4n) is 0. The van der Waals surface area contributed by atoms with E-state index in [4.69, 9.17) is 0 Å². The molecule has 0 aromatic heterocycles. The van der Waals surface area contributed by atoms with Crippen molar-refractivity contribution in [3.63, 3.8) is 0 Å². The fraction of sp³-hybridized carbons (Fsp3) is 1.00. The van der Waals surface area contributed by atoms with E-state index < -0.39 is 0 Å². The topological polar surface area (TPSA) is 26.0 Å². The predicted octanol–water partition coefficient (Wildman–Crippen LogP) is -0.00330. The minimum Gasteiger partial charge on any atom is -0.333 e. The summed E-state index contributed by atoms with van der Waals surface area (Å²) in [7, 11) is 1.50. The van der Waals surface area contributed by atoms with E-state index in [9.17, 15) is 0 Å². The third-order valence-corrected chi connectivity index (χ3v) is 0. The molecule has 1 radical (unpaired) electrons. The van der Waals surface area contributed by atoms with Crippen LogP contribution in [-0.4, -0.2) is 7.05 Å². The van der Waals surface area contributed by atoms with Crippen LogP contribution in [0.4, 0.5) is 0 Å². The van der Waals surface area contributed by atoms with Gasteiger partial charge in [-0.2, -0.15) is 0 Å². The third-order valence-electron chi connectivity index (χ3n) is 0. The molecule has 25 valence electrons. The Hall–Kier alpha value is 1.44. The van der Waals surface area contributed by atoms with Crippen molar-refractivity contribution < 1.29 is 35.6 Å². The first-order chi connectivity index (χ1) is 1.00. The van der Waals surface area contributed by atoms with Gasteiger partial charge in [-0.3, -0.25) is 0 Å². The molecule has 1 nitrogen and oxygen atoms in total. The second-order valence-corrected chi connectivity index (χ2v) is 0. The summed E-state index contributed by atoms with van der Waals surface area (Å²) in [5.74, 6) is 0. The van der Waals surface area contributed by atoms with E-state index in [1.807, 2.05) is 0 Å². The van der Waals surface area contributed by atoms with Gasteiger partial charge in [0.25, 0.3) is 0 Å². The summed E-state index contributed by atoms with van der Waals surface area (Å²) >= 11 is 0. The van der Waals surface area contributed by atoms with Crippen molar-refractivity contribution in [2.75, 3.05) is 7.05 Å². The van der Waals surface area contributed by atoms with Gasteiger partial charge in [0.05, 0.1) is 0 Å². The summed E-state index contributed by atoms with van der Waals surface area (Å²) in [6.07, 6.45) is 0. The summed E-state index contributed by atoms with van der Waals surface area (Å²) < 4.78 is 0. The molecular formula is CH6ClLaN. The Kier molecular flexibility index (Phi) is 114. The quantitative estimate of drug-likeness (QED) is 0.593. The van der Waals surface area contributed by atoms with E-state index in [1.165, 1.54) is 7.05 Å². The molecule has 0 amide bonds. The first-order valence-electron chi connectivity index (χ1n) is 0.577. The molecule has 0 aromatic rings. The summed E-state index contributed by atoms with van der Waals surface area (Å²) in [4.78, 5) is 0. The average Bonchev–Trinajstić information content (AvgIpc) is 1.00. The molecule has 0 rings (SSSR count). The van der Waals surface area contributed by atoms with Crippen molar-refractivity contribution in [3.8, 4) is 0 Å². The van der Waals surface area contributed by atoms with Crippen LogP contribution in [0.5, 0.6) is 0 Å². The molecule has 0 fully saturated rings. The zero-order valence-corrected chi connectivity index (χ0v) is 7.01. The van der Waals surface area contributed by atoms with Crippen LogP contribution in [0, 0.1) is 35.6 Å². The van der Waals surface area contributed by atoms with Crippen molar-refractivity contribution in [2.45, 2.75) is 0 Å². The Morgan fingerprint density at radius 1 is 1.25 bits per heavy atom. The van der Waals surface area contributed by atoms with Crippen molar-refractivity contribution in [2.24, 2.45) is 5.73 Å². The third kappa shape index (κ3) is 9.86. The largest absolute Gasteiger partial charge is 0.333 e. The first-order valence-corrected chi connectivity index (χ1v) is 0.577. The molecule has 3 heteroatoms. The van der Waals surface area contributed by atoms with Crippen LogP contribution in [0.3, 0.4) is 0 Å².